The highest BCUT2D eigenvalue weighted by Gasteiger charge is 2.17. The molecule has 0 N–H and O–H groups in total. The second-order valence-electron chi connectivity index (χ2n) is 12.9. The Morgan fingerprint density at radius 1 is 0.340 bits per heavy atom. The summed E-state index contributed by atoms with van der Waals surface area (Å²) in [5.74, 6) is 0. The second kappa shape index (κ2) is 10.6. The zero-order valence-corrected chi connectivity index (χ0v) is 27.6. The summed E-state index contributed by atoms with van der Waals surface area (Å²) >= 11 is 1.84. The lowest BCUT2D eigenvalue weighted by Crippen LogP contribution is -2.09. The predicted octanol–water partition coefficient (Wildman–Crippen LogP) is 14.1. The maximum atomic E-state index is 6.35. The molecule has 4 heteroatoms. The first kappa shape index (κ1) is 27.6. The molecule has 11 aromatic rings. The molecule has 50 heavy (non-hydrogen) atoms. The molecule has 0 amide bonds. The fraction of sp³-hybridized carbons (Fsp3) is 0. The Hall–Kier alpha value is -6.36. The van der Waals surface area contributed by atoms with E-state index in [0.29, 0.717) is 0 Å². The average Bonchev–Trinajstić information content (AvgIpc) is 3.84. The molecule has 0 spiro atoms. The van der Waals surface area contributed by atoms with Crippen LogP contribution in [-0.2, 0) is 0 Å². The number of hydrogen-bond donors (Lipinski definition) is 0. The first-order valence-corrected chi connectivity index (χ1v) is 17.6. The summed E-state index contributed by atoms with van der Waals surface area (Å²) in [6.07, 6.45) is 0. The van der Waals surface area contributed by atoms with Crippen molar-refractivity contribution in [3.63, 3.8) is 0 Å². The van der Waals surface area contributed by atoms with Crippen molar-refractivity contribution in [3.05, 3.63) is 164 Å². The standard InChI is InChI=1S/C46H27NO2S/c1-4-10-41-35(7-1)37-21-19-33(26-44(37)49-41)47(34-20-22-39-38-9-3-6-12-45(38)50-46(39)27-34)32-17-15-28(16-18-32)29-13-14-30-24-40-36-8-2-5-11-42(36)48-43(40)25-31(30)23-29/h1-27H. The van der Waals surface area contributed by atoms with Crippen molar-refractivity contribution in [1.29, 1.82) is 0 Å². The SMILES string of the molecule is c1ccc2c(c1)oc1cc(N(c3ccc(-c4ccc5cc6c(cc5c4)oc4ccccc46)cc3)c3ccc4c(c3)sc3ccccc34)ccc12. The minimum absolute atomic E-state index is 0.878. The largest absolute Gasteiger partial charge is 0.456 e. The van der Waals surface area contributed by atoms with Crippen LogP contribution in [0.15, 0.2) is 173 Å². The van der Waals surface area contributed by atoms with E-state index in [-0.39, 0.29) is 0 Å². The number of rotatable bonds is 4. The molecule has 0 fully saturated rings. The number of benzene rings is 8. The van der Waals surface area contributed by atoms with Gasteiger partial charge in [0.15, 0.2) is 0 Å². The van der Waals surface area contributed by atoms with Crippen LogP contribution in [0.25, 0.3) is 85.9 Å². The topological polar surface area (TPSA) is 29.5 Å². The van der Waals surface area contributed by atoms with Crippen molar-refractivity contribution in [2.24, 2.45) is 0 Å². The normalized spacial score (nSPS) is 12.0. The van der Waals surface area contributed by atoms with E-state index < -0.39 is 0 Å². The van der Waals surface area contributed by atoms with E-state index in [2.05, 4.69) is 144 Å². The van der Waals surface area contributed by atoms with Gasteiger partial charge in [-0.2, -0.15) is 0 Å². The summed E-state index contributed by atoms with van der Waals surface area (Å²) in [5.41, 5.74) is 9.17. The molecule has 3 heterocycles. The van der Waals surface area contributed by atoms with Crippen molar-refractivity contribution in [2.75, 3.05) is 4.90 Å². The fourth-order valence-electron chi connectivity index (χ4n) is 7.61. The van der Waals surface area contributed by atoms with Gasteiger partial charge >= 0.3 is 0 Å². The monoisotopic (exact) mass is 657 g/mol. The molecule has 234 valence electrons. The van der Waals surface area contributed by atoms with Crippen LogP contribution in [0, 0.1) is 0 Å². The van der Waals surface area contributed by atoms with E-state index >= 15 is 0 Å². The van der Waals surface area contributed by atoms with E-state index in [9.17, 15) is 0 Å². The van der Waals surface area contributed by atoms with Crippen LogP contribution in [-0.4, -0.2) is 0 Å². The summed E-state index contributed by atoms with van der Waals surface area (Å²) < 4.78 is 15.1. The van der Waals surface area contributed by atoms with Gasteiger partial charge < -0.3 is 13.7 Å². The molecule has 0 unspecified atom stereocenters. The molecule has 3 aromatic heterocycles. The third kappa shape index (κ3) is 4.22. The van der Waals surface area contributed by atoms with Gasteiger partial charge in [-0.3, -0.25) is 0 Å². The summed E-state index contributed by atoms with van der Waals surface area (Å²) in [7, 11) is 0. The highest BCUT2D eigenvalue weighted by molar-refractivity contribution is 7.25. The maximum absolute atomic E-state index is 6.35. The number of hydrogen-bond acceptors (Lipinski definition) is 4. The minimum atomic E-state index is 0.878. The number of nitrogens with zero attached hydrogens (tertiary/aromatic N) is 1. The average molecular weight is 658 g/mol. The zero-order chi connectivity index (χ0) is 32.8. The van der Waals surface area contributed by atoms with Crippen molar-refractivity contribution in [1.82, 2.24) is 0 Å². The van der Waals surface area contributed by atoms with Gasteiger partial charge in [-0.05, 0) is 94.7 Å². The van der Waals surface area contributed by atoms with Gasteiger partial charge in [0.1, 0.15) is 22.3 Å². The Balaban J connectivity index is 1.03. The number of furan rings is 2. The highest BCUT2D eigenvalue weighted by Crippen LogP contribution is 2.43. The van der Waals surface area contributed by atoms with Crippen molar-refractivity contribution in [2.45, 2.75) is 0 Å². The van der Waals surface area contributed by atoms with Crippen molar-refractivity contribution >= 4 is 103 Å². The molecular weight excluding hydrogens is 631 g/mol. The van der Waals surface area contributed by atoms with Gasteiger partial charge in [0, 0.05) is 64.8 Å². The molecule has 0 aliphatic carbocycles. The van der Waals surface area contributed by atoms with Gasteiger partial charge in [-0.1, -0.05) is 84.9 Å². The van der Waals surface area contributed by atoms with E-state index in [1.165, 1.54) is 31.1 Å². The van der Waals surface area contributed by atoms with Crippen LogP contribution in [0.1, 0.15) is 0 Å². The predicted molar refractivity (Wildman–Crippen MR) is 212 cm³/mol. The van der Waals surface area contributed by atoms with E-state index in [1.807, 2.05) is 35.6 Å². The number of fused-ring (bicyclic) bond motifs is 10. The van der Waals surface area contributed by atoms with E-state index in [0.717, 1.165) is 71.9 Å². The summed E-state index contributed by atoms with van der Waals surface area (Å²) in [6, 6.07) is 58.5. The smallest absolute Gasteiger partial charge is 0.137 e. The lowest BCUT2D eigenvalue weighted by Gasteiger charge is -2.26. The third-order valence-electron chi connectivity index (χ3n) is 10.0. The third-order valence-corrected chi connectivity index (χ3v) is 11.2. The van der Waals surface area contributed by atoms with Gasteiger partial charge in [0.25, 0.3) is 0 Å². The lowest BCUT2D eigenvalue weighted by molar-refractivity contribution is 0.669. The van der Waals surface area contributed by atoms with Gasteiger partial charge in [-0.25, -0.2) is 0 Å². The van der Waals surface area contributed by atoms with Crippen molar-refractivity contribution < 1.29 is 8.83 Å². The van der Waals surface area contributed by atoms with Crippen LogP contribution in [0.3, 0.4) is 0 Å². The molecule has 0 aliphatic rings. The molecule has 0 atom stereocenters. The molecule has 0 radical (unpaired) electrons. The maximum Gasteiger partial charge on any atom is 0.137 e. The molecular formula is C46H27NO2S. The van der Waals surface area contributed by atoms with Crippen LogP contribution in [0.4, 0.5) is 17.1 Å². The summed E-state index contributed by atoms with van der Waals surface area (Å²) in [6.45, 7) is 0. The van der Waals surface area contributed by atoms with Crippen LogP contribution >= 0.6 is 11.3 Å². The van der Waals surface area contributed by atoms with Crippen LogP contribution < -0.4 is 4.90 Å². The summed E-state index contributed by atoms with van der Waals surface area (Å²) in [4.78, 5) is 2.33. The Labute approximate surface area is 290 Å². The van der Waals surface area contributed by atoms with Crippen LogP contribution in [0.2, 0.25) is 0 Å². The second-order valence-corrected chi connectivity index (χ2v) is 14.0. The van der Waals surface area contributed by atoms with Gasteiger partial charge in [-0.15, -0.1) is 11.3 Å². The Kier molecular flexibility index (Phi) is 5.83. The number of thiophene rings is 1. The Morgan fingerprint density at radius 2 is 0.920 bits per heavy atom. The number of para-hydroxylation sites is 2. The Bertz CT molecular complexity index is 2990. The highest BCUT2D eigenvalue weighted by atomic mass is 32.1. The minimum Gasteiger partial charge on any atom is -0.456 e. The first-order chi connectivity index (χ1) is 24.7. The fourth-order valence-corrected chi connectivity index (χ4v) is 8.74. The van der Waals surface area contributed by atoms with E-state index in [4.69, 9.17) is 8.83 Å². The molecule has 0 saturated heterocycles. The van der Waals surface area contributed by atoms with Crippen LogP contribution in [0.5, 0.6) is 0 Å². The van der Waals surface area contributed by atoms with Gasteiger partial charge in [0.05, 0.1) is 0 Å². The molecule has 0 bridgehead atoms. The number of anilines is 3. The van der Waals surface area contributed by atoms with E-state index in [1.54, 1.807) is 0 Å². The molecule has 11 rings (SSSR count). The molecule has 8 aromatic carbocycles. The summed E-state index contributed by atoms with van der Waals surface area (Å²) in [5, 5.41) is 9.51. The first-order valence-electron chi connectivity index (χ1n) is 16.8. The lowest BCUT2D eigenvalue weighted by atomic mass is 9.99. The molecule has 0 aliphatic heterocycles. The van der Waals surface area contributed by atoms with Gasteiger partial charge in [0.2, 0.25) is 0 Å². The van der Waals surface area contributed by atoms with Crippen molar-refractivity contribution in [3.8, 4) is 11.1 Å². The Morgan fingerprint density at radius 3 is 1.72 bits per heavy atom. The molecule has 3 nitrogen and oxygen atoms in total. The quantitative estimate of drug-likeness (QED) is 0.189. The molecule has 0 saturated carbocycles. The zero-order valence-electron chi connectivity index (χ0n) is 26.8.